The summed E-state index contributed by atoms with van der Waals surface area (Å²) >= 11 is 0. The molecule has 0 spiro atoms. The Bertz CT molecular complexity index is 419. The minimum Gasteiger partial charge on any atom is -0.396 e. The van der Waals surface area contributed by atoms with Crippen LogP contribution < -0.4 is 0 Å². The zero-order valence-corrected chi connectivity index (χ0v) is 7.83. The van der Waals surface area contributed by atoms with Gasteiger partial charge in [0.2, 0.25) is 0 Å². The van der Waals surface area contributed by atoms with E-state index in [0.717, 1.165) is 5.56 Å². The Morgan fingerprint density at radius 2 is 2.36 bits per heavy atom. The van der Waals surface area contributed by atoms with Crippen LogP contribution in [-0.2, 0) is 13.5 Å². The third kappa shape index (κ3) is 1.51. The number of rotatable bonds is 3. The van der Waals surface area contributed by atoms with Crippen LogP contribution >= 0.6 is 0 Å². The van der Waals surface area contributed by atoms with Gasteiger partial charge in [-0.15, -0.1) is 10.2 Å². The maximum absolute atomic E-state index is 8.74. The van der Waals surface area contributed by atoms with Crippen LogP contribution in [0.1, 0.15) is 5.56 Å². The highest BCUT2D eigenvalue weighted by molar-refractivity contribution is 5.13. The quantitative estimate of drug-likeness (QED) is 0.716. The highest BCUT2D eigenvalue weighted by Gasteiger charge is 2.05. The van der Waals surface area contributed by atoms with Crippen LogP contribution in [0.4, 0.5) is 0 Å². The summed E-state index contributed by atoms with van der Waals surface area (Å²) in [6, 6.07) is 0. The van der Waals surface area contributed by atoms with Crippen molar-refractivity contribution in [3.63, 3.8) is 0 Å². The molecule has 6 nitrogen and oxygen atoms in total. The molecule has 2 aromatic rings. The first-order valence-corrected chi connectivity index (χ1v) is 4.30. The zero-order valence-electron chi connectivity index (χ0n) is 7.83. The normalized spacial score (nSPS) is 10.7. The van der Waals surface area contributed by atoms with Gasteiger partial charge in [0, 0.05) is 19.9 Å². The summed E-state index contributed by atoms with van der Waals surface area (Å²) in [4.78, 5) is 0. The standard InChI is InChI=1S/C8H11N5O/c1-12-6-9-11-8(12)13-5-7(2-3-14)4-10-13/h4-6,14H,2-3H2,1H3. The van der Waals surface area contributed by atoms with Crippen molar-refractivity contribution in [1.29, 1.82) is 0 Å². The van der Waals surface area contributed by atoms with E-state index in [1.807, 2.05) is 13.2 Å². The van der Waals surface area contributed by atoms with Gasteiger partial charge in [-0.05, 0) is 12.0 Å². The van der Waals surface area contributed by atoms with E-state index in [-0.39, 0.29) is 6.61 Å². The molecule has 0 aliphatic rings. The van der Waals surface area contributed by atoms with Gasteiger partial charge in [-0.2, -0.15) is 5.10 Å². The van der Waals surface area contributed by atoms with Crippen molar-refractivity contribution in [2.24, 2.45) is 7.05 Å². The van der Waals surface area contributed by atoms with Gasteiger partial charge in [0.05, 0.1) is 6.20 Å². The topological polar surface area (TPSA) is 68.8 Å². The Morgan fingerprint density at radius 1 is 1.50 bits per heavy atom. The van der Waals surface area contributed by atoms with Gasteiger partial charge in [-0.1, -0.05) is 0 Å². The molecule has 0 saturated carbocycles. The van der Waals surface area contributed by atoms with Crippen molar-refractivity contribution < 1.29 is 5.11 Å². The van der Waals surface area contributed by atoms with Crippen LogP contribution in [0.3, 0.4) is 0 Å². The molecule has 0 atom stereocenters. The number of hydrogen-bond acceptors (Lipinski definition) is 4. The molecule has 0 radical (unpaired) electrons. The molecule has 14 heavy (non-hydrogen) atoms. The Morgan fingerprint density at radius 3 is 3.00 bits per heavy atom. The molecule has 6 heteroatoms. The summed E-state index contributed by atoms with van der Waals surface area (Å²) in [5, 5.41) is 20.5. The Hall–Kier alpha value is -1.69. The van der Waals surface area contributed by atoms with E-state index in [9.17, 15) is 0 Å². The number of nitrogens with zero attached hydrogens (tertiary/aromatic N) is 5. The summed E-state index contributed by atoms with van der Waals surface area (Å²) in [5.74, 6) is 0.661. The third-order valence-corrected chi connectivity index (χ3v) is 1.93. The van der Waals surface area contributed by atoms with Gasteiger partial charge in [-0.25, -0.2) is 4.68 Å². The lowest BCUT2D eigenvalue weighted by Crippen LogP contribution is -2.02. The van der Waals surface area contributed by atoms with Gasteiger partial charge < -0.3 is 9.67 Å². The van der Waals surface area contributed by atoms with E-state index in [2.05, 4.69) is 15.3 Å². The fraction of sp³-hybridized carbons (Fsp3) is 0.375. The predicted molar refractivity (Wildman–Crippen MR) is 48.9 cm³/mol. The summed E-state index contributed by atoms with van der Waals surface area (Å²) in [6.07, 6.45) is 5.77. The van der Waals surface area contributed by atoms with Gasteiger partial charge in [0.1, 0.15) is 6.33 Å². The van der Waals surface area contributed by atoms with E-state index < -0.39 is 0 Å². The predicted octanol–water partition coefficient (Wildman–Crippen LogP) is -0.464. The lowest BCUT2D eigenvalue weighted by molar-refractivity contribution is 0.299. The average Bonchev–Trinajstić information content (AvgIpc) is 2.74. The number of aliphatic hydroxyl groups is 1. The van der Waals surface area contributed by atoms with E-state index in [0.29, 0.717) is 12.4 Å². The molecule has 0 fully saturated rings. The van der Waals surface area contributed by atoms with E-state index in [4.69, 9.17) is 5.11 Å². The third-order valence-electron chi connectivity index (χ3n) is 1.93. The molecule has 2 aromatic heterocycles. The van der Waals surface area contributed by atoms with Crippen LogP contribution in [0.25, 0.3) is 5.95 Å². The van der Waals surface area contributed by atoms with Crippen molar-refractivity contribution in [3.05, 3.63) is 24.3 Å². The maximum Gasteiger partial charge on any atom is 0.251 e. The highest BCUT2D eigenvalue weighted by atomic mass is 16.2. The molecule has 0 amide bonds. The molecule has 0 bridgehead atoms. The summed E-state index contributed by atoms with van der Waals surface area (Å²) in [7, 11) is 1.85. The Kier molecular flexibility index (Phi) is 2.28. The average molecular weight is 193 g/mol. The van der Waals surface area contributed by atoms with Crippen LogP contribution in [0.2, 0.25) is 0 Å². The number of aryl methyl sites for hydroxylation is 1. The van der Waals surface area contributed by atoms with Crippen molar-refractivity contribution >= 4 is 0 Å². The molecule has 0 saturated heterocycles. The van der Waals surface area contributed by atoms with Crippen molar-refractivity contribution in [1.82, 2.24) is 24.5 Å². The monoisotopic (exact) mass is 193 g/mol. The summed E-state index contributed by atoms with van der Waals surface area (Å²) < 4.78 is 3.41. The first-order valence-electron chi connectivity index (χ1n) is 4.30. The smallest absolute Gasteiger partial charge is 0.251 e. The number of aromatic nitrogens is 5. The van der Waals surface area contributed by atoms with Gasteiger partial charge in [-0.3, -0.25) is 0 Å². The lowest BCUT2D eigenvalue weighted by atomic mass is 10.3. The first-order chi connectivity index (χ1) is 6.81. The fourth-order valence-electron chi connectivity index (χ4n) is 1.21. The molecule has 1 N–H and O–H groups in total. The minimum absolute atomic E-state index is 0.129. The summed E-state index contributed by atoms with van der Waals surface area (Å²) in [5.41, 5.74) is 0.982. The van der Waals surface area contributed by atoms with E-state index in [1.165, 1.54) is 0 Å². The second-order valence-electron chi connectivity index (χ2n) is 3.01. The molecule has 2 rings (SSSR count). The highest BCUT2D eigenvalue weighted by Crippen LogP contribution is 2.04. The van der Waals surface area contributed by atoms with Crippen LogP contribution in [-0.4, -0.2) is 36.3 Å². The van der Waals surface area contributed by atoms with Gasteiger partial charge in [0.15, 0.2) is 0 Å². The molecule has 0 aliphatic carbocycles. The van der Waals surface area contributed by atoms with E-state index >= 15 is 0 Å². The van der Waals surface area contributed by atoms with Crippen molar-refractivity contribution in [2.75, 3.05) is 6.61 Å². The zero-order chi connectivity index (χ0) is 9.97. The van der Waals surface area contributed by atoms with Crippen LogP contribution in [0.15, 0.2) is 18.7 Å². The molecule has 0 aromatic carbocycles. The maximum atomic E-state index is 8.74. The SMILES string of the molecule is Cn1cnnc1-n1cc(CCO)cn1. The second-order valence-corrected chi connectivity index (χ2v) is 3.01. The van der Waals surface area contributed by atoms with E-state index in [1.54, 1.807) is 21.8 Å². The number of hydrogen-bond donors (Lipinski definition) is 1. The number of aliphatic hydroxyl groups excluding tert-OH is 1. The molecular formula is C8H11N5O. The second kappa shape index (κ2) is 3.59. The van der Waals surface area contributed by atoms with Crippen LogP contribution in [0.5, 0.6) is 0 Å². The molecule has 74 valence electrons. The lowest BCUT2D eigenvalue weighted by Gasteiger charge is -1.97. The minimum atomic E-state index is 0.129. The summed E-state index contributed by atoms with van der Waals surface area (Å²) in [6.45, 7) is 0.129. The molecular weight excluding hydrogens is 182 g/mol. The van der Waals surface area contributed by atoms with Crippen LogP contribution in [0, 0.1) is 0 Å². The Balaban J connectivity index is 2.29. The molecule has 0 aliphatic heterocycles. The Labute approximate surface area is 80.8 Å². The van der Waals surface area contributed by atoms with Crippen molar-refractivity contribution in [3.8, 4) is 5.95 Å². The molecule has 0 unspecified atom stereocenters. The first kappa shape index (κ1) is 8.89. The fourth-order valence-corrected chi connectivity index (χ4v) is 1.21. The van der Waals surface area contributed by atoms with Gasteiger partial charge >= 0.3 is 0 Å². The van der Waals surface area contributed by atoms with Crippen molar-refractivity contribution in [2.45, 2.75) is 6.42 Å². The van der Waals surface area contributed by atoms with Gasteiger partial charge in [0.25, 0.3) is 5.95 Å². The largest absolute Gasteiger partial charge is 0.396 e. The molecule has 2 heterocycles.